The van der Waals surface area contributed by atoms with Crippen LogP contribution in [0.2, 0.25) is 0 Å². The molecule has 1 amide bonds. The summed E-state index contributed by atoms with van der Waals surface area (Å²) in [5.41, 5.74) is 3.25. The van der Waals surface area contributed by atoms with Gasteiger partial charge in [0.1, 0.15) is 21.7 Å². The molecule has 0 unspecified atom stereocenters. The first-order valence-electron chi connectivity index (χ1n) is 10.9. The minimum atomic E-state index is -0.518. The van der Waals surface area contributed by atoms with Crippen molar-refractivity contribution in [2.75, 3.05) is 12.4 Å². The minimum Gasteiger partial charge on any atom is -0.497 e. The lowest BCUT2D eigenvalue weighted by Gasteiger charge is -2.11. The molecule has 0 fully saturated rings. The Morgan fingerprint density at radius 3 is 2.49 bits per heavy atom. The summed E-state index contributed by atoms with van der Waals surface area (Å²) in [6.45, 7) is 5.18. The smallest absolute Gasteiger partial charge is 0.348 e. The van der Waals surface area contributed by atoms with Crippen molar-refractivity contribution in [3.05, 3.63) is 76.2 Å². The number of ether oxygens (including phenoxy) is 2. The number of nitrogens with one attached hydrogen (secondary N) is 1. The van der Waals surface area contributed by atoms with E-state index >= 15 is 0 Å². The van der Waals surface area contributed by atoms with Crippen LogP contribution in [0.15, 0.2) is 54.6 Å². The Bertz CT molecular complexity index is 1470. The molecule has 0 bridgehead atoms. The van der Waals surface area contributed by atoms with Crippen LogP contribution in [0.5, 0.6) is 5.75 Å². The fraction of sp³-hybridized carbons (Fsp3) is 0.185. The molecule has 2 aromatic heterocycles. The van der Waals surface area contributed by atoms with E-state index in [1.165, 1.54) is 0 Å². The molecule has 2 aromatic carbocycles. The zero-order chi connectivity index (χ0) is 25.1. The average molecular weight is 486 g/mol. The number of fused-ring (bicyclic) bond motifs is 1. The summed E-state index contributed by atoms with van der Waals surface area (Å²) < 4.78 is 10.5. The van der Waals surface area contributed by atoms with Gasteiger partial charge in [0.2, 0.25) is 0 Å². The number of methoxy groups -OCH3 is 1. The molecule has 0 aliphatic carbocycles. The molecule has 0 aliphatic rings. The van der Waals surface area contributed by atoms with Gasteiger partial charge in [-0.2, -0.15) is 5.26 Å². The molecule has 4 aromatic rings. The molecule has 8 heteroatoms. The first-order chi connectivity index (χ1) is 16.8. The van der Waals surface area contributed by atoms with Crippen molar-refractivity contribution >= 4 is 39.1 Å². The van der Waals surface area contributed by atoms with Crippen molar-refractivity contribution in [2.24, 2.45) is 0 Å². The van der Waals surface area contributed by atoms with Crippen molar-refractivity contribution in [1.29, 1.82) is 5.26 Å². The number of hydrogen-bond donors (Lipinski definition) is 1. The SMILES string of the molecule is COc1ccc(-c2cc(C(=O)Nc3sc(C(=O)OC(C)C)c(C)c3C#N)c3ccccc3n2)cc1. The van der Waals surface area contributed by atoms with E-state index in [0.717, 1.165) is 22.6 Å². The number of anilines is 1. The molecule has 35 heavy (non-hydrogen) atoms. The fourth-order valence-electron chi connectivity index (χ4n) is 3.64. The van der Waals surface area contributed by atoms with Gasteiger partial charge in [-0.15, -0.1) is 11.3 Å². The van der Waals surface area contributed by atoms with Gasteiger partial charge >= 0.3 is 5.97 Å². The monoisotopic (exact) mass is 485 g/mol. The van der Waals surface area contributed by atoms with E-state index in [1.54, 1.807) is 33.9 Å². The Balaban J connectivity index is 1.75. The molecule has 176 valence electrons. The van der Waals surface area contributed by atoms with Crippen LogP contribution in [0.4, 0.5) is 5.00 Å². The van der Waals surface area contributed by atoms with Crippen LogP contribution in [0.1, 0.15) is 45.0 Å². The summed E-state index contributed by atoms with van der Waals surface area (Å²) in [6, 6.07) is 18.6. The number of nitrogens with zero attached hydrogens (tertiary/aromatic N) is 2. The maximum atomic E-state index is 13.5. The molecule has 2 heterocycles. The van der Waals surface area contributed by atoms with Gasteiger partial charge in [-0.3, -0.25) is 4.79 Å². The van der Waals surface area contributed by atoms with Gasteiger partial charge in [0, 0.05) is 10.9 Å². The fourth-order valence-corrected chi connectivity index (χ4v) is 4.68. The Labute approximate surface area is 206 Å². The number of amides is 1. The predicted molar refractivity (Wildman–Crippen MR) is 136 cm³/mol. The van der Waals surface area contributed by atoms with E-state index < -0.39 is 11.9 Å². The van der Waals surface area contributed by atoms with E-state index in [9.17, 15) is 14.9 Å². The maximum absolute atomic E-state index is 13.5. The molecule has 4 rings (SSSR count). The van der Waals surface area contributed by atoms with Gasteiger partial charge < -0.3 is 14.8 Å². The number of benzene rings is 2. The first kappa shape index (κ1) is 23.9. The lowest BCUT2D eigenvalue weighted by Crippen LogP contribution is -2.13. The summed E-state index contributed by atoms with van der Waals surface area (Å²) in [5.74, 6) is -0.202. The molecule has 0 saturated carbocycles. The molecule has 0 atom stereocenters. The van der Waals surface area contributed by atoms with Crippen molar-refractivity contribution < 1.29 is 19.1 Å². The third-order valence-electron chi connectivity index (χ3n) is 5.36. The average Bonchev–Trinajstić information content (AvgIpc) is 3.17. The van der Waals surface area contributed by atoms with Crippen LogP contribution >= 0.6 is 11.3 Å². The van der Waals surface area contributed by atoms with Crippen LogP contribution in [-0.2, 0) is 4.74 Å². The summed E-state index contributed by atoms with van der Waals surface area (Å²) in [4.78, 5) is 31.0. The number of rotatable bonds is 6. The highest BCUT2D eigenvalue weighted by molar-refractivity contribution is 7.18. The zero-order valence-corrected chi connectivity index (χ0v) is 20.5. The van der Waals surface area contributed by atoms with Crippen molar-refractivity contribution in [3.63, 3.8) is 0 Å². The normalized spacial score (nSPS) is 10.7. The molecular formula is C27H23N3O4S. The molecule has 0 saturated heterocycles. The number of pyridine rings is 1. The Kier molecular flexibility index (Phi) is 6.80. The standard InChI is InChI=1S/C27H23N3O4S/c1-15(2)34-27(32)24-16(3)21(14-28)26(35-24)30-25(31)20-13-23(17-9-11-18(33-4)12-10-17)29-22-8-6-5-7-19(20)22/h5-13,15H,1-4H3,(H,30,31). The number of nitriles is 1. The molecule has 0 aliphatic heterocycles. The lowest BCUT2D eigenvalue weighted by molar-refractivity contribution is 0.0383. The van der Waals surface area contributed by atoms with Crippen molar-refractivity contribution in [1.82, 2.24) is 4.98 Å². The van der Waals surface area contributed by atoms with Gasteiger partial charge in [-0.1, -0.05) is 18.2 Å². The molecular weight excluding hydrogens is 462 g/mol. The first-order valence-corrected chi connectivity index (χ1v) is 11.7. The number of thiophene rings is 1. The Morgan fingerprint density at radius 2 is 1.83 bits per heavy atom. The number of esters is 1. The van der Waals surface area contributed by atoms with Crippen LogP contribution < -0.4 is 10.1 Å². The van der Waals surface area contributed by atoms with E-state index in [4.69, 9.17) is 14.5 Å². The second-order valence-corrected chi connectivity index (χ2v) is 9.10. The van der Waals surface area contributed by atoms with Gasteiger partial charge in [0.25, 0.3) is 5.91 Å². The lowest BCUT2D eigenvalue weighted by atomic mass is 10.0. The van der Waals surface area contributed by atoms with Crippen LogP contribution in [0.3, 0.4) is 0 Å². The van der Waals surface area contributed by atoms with Crippen LogP contribution in [0, 0.1) is 18.3 Å². The molecule has 0 radical (unpaired) electrons. The summed E-state index contributed by atoms with van der Waals surface area (Å²) >= 11 is 1.04. The summed E-state index contributed by atoms with van der Waals surface area (Å²) in [7, 11) is 1.60. The number of carbonyl (C=O) groups excluding carboxylic acids is 2. The second-order valence-electron chi connectivity index (χ2n) is 8.08. The quantitative estimate of drug-likeness (QED) is 0.338. The largest absolute Gasteiger partial charge is 0.497 e. The summed E-state index contributed by atoms with van der Waals surface area (Å²) in [6.07, 6.45) is -0.299. The third-order valence-corrected chi connectivity index (χ3v) is 6.55. The van der Waals surface area contributed by atoms with Gasteiger partial charge in [0.15, 0.2) is 0 Å². The number of aromatic nitrogens is 1. The van der Waals surface area contributed by atoms with E-state index in [2.05, 4.69) is 11.4 Å². The van der Waals surface area contributed by atoms with Crippen molar-refractivity contribution in [3.8, 4) is 23.1 Å². The van der Waals surface area contributed by atoms with E-state index in [-0.39, 0.29) is 11.7 Å². The third kappa shape index (κ3) is 4.86. The topological polar surface area (TPSA) is 101 Å². The van der Waals surface area contributed by atoms with E-state index in [1.807, 2.05) is 48.5 Å². The van der Waals surface area contributed by atoms with Crippen LogP contribution in [0.25, 0.3) is 22.2 Å². The zero-order valence-electron chi connectivity index (χ0n) is 19.7. The number of carbonyl (C=O) groups is 2. The Hall–Kier alpha value is -4.22. The summed E-state index contributed by atoms with van der Waals surface area (Å²) in [5, 5.41) is 13.5. The van der Waals surface area contributed by atoms with Crippen molar-refractivity contribution in [2.45, 2.75) is 26.9 Å². The highest BCUT2D eigenvalue weighted by atomic mass is 32.1. The predicted octanol–water partition coefficient (Wildman–Crippen LogP) is 5.97. The highest BCUT2D eigenvalue weighted by Gasteiger charge is 2.24. The van der Waals surface area contributed by atoms with Gasteiger partial charge in [-0.25, -0.2) is 9.78 Å². The highest BCUT2D eigenvalue weighted by Crippen LogP contribution is 2.34. The molecule has 1 N–H and O–H groups in total. The minimum absolute atomic E-state index is 0.243. The molecule has 0 spiro atoms. The Morgan fingerprint density at radius 1 is 1.11 bits per heavy atom. The molecule has 7 nitrogen and oxygen atoms in total. The number of para-hydroxylation sites is 1. The number of hydrogen-bond acceptors (Lipinski definition) is 7. The van der Waals surface area contributed by atoms with Gasteiger partial charge in [-0.05, 0) is 62.7 Å². The second kappa shape index (κ2) is 9.95. The van der Waals surface area contributed by atoms with E-state index in [0.29, 0.717) is 37.6 Å². The maximum Gasteiger partial charge on any atom is 0.348 e. The van der Waals surface area contributed by atoms with Gasteiger partial charge in [0.05, 0.1) is 35.6 Å². The van der Waals surface area contributed by atoms with Crippen LogP contribution in [-0.4, -0.2) is 30.1 Å².